The molecule has 150 valence electrons. The summed E-state index contributed by atoms with van der Waals surface area (Å²) in [5.74, 6) is -1.20. The monoisotopic (exact) mass is 407 g/mol. The molecule has 6 heteroatoms. The number of ether oxygens (including phenoxy) is 1. The summed E-state index contributed by atoms with van der Waals surface area (Å²) in [6.45, 7) is 2.74. The van der Waals surface area contributed by atoms with Crippen molar-refractivity contribution in [2.75, 3.05) is 13.2 Å². The fourth-order valence-electron chi connectivity index (χ4n) is 4.98. The van der Waals surface area contributed by atoms with Crippen molar-refractivity contribution in [3.05, 3.63) is 64.2 Å². The number of benzene rings is 2. The van der Waals surface area contributed by atoms with Crippen LogP contribution in [0.1, 0.15) is 37.3 Å². The molecule has 4 rings (SSSR count). The third-order valence-corrected chi connectivity index (χ3v) is 6.55. The maximum atomic E-state index is 15.1. The Morgan fingerprint density at radius 2 is 1.89 bits per heavy atom. The number of rotatable bonds is 4. The van der Waals surface area contributed by atoms with E-state index in [1.807, 2.05) is 19.1 Å². The van der Waals surface area contributed by atoms with Gasteiger partial charge in [0, 0.05) is 22.0 Å². The summed E-state index contributed by atoms with van der Waals surface area (Å²) in [4.78, 5) is 0. The molecule has 1 saturated carbocycles. The van der Waals surface area contributed by atoms with E-state index in [1.54, 1.807) is 12.1 Å². The first-order valence-electron chi connectivity index (χ1n) is 9.70. The second-order valence-corrected chi connectivity index (χ2v) is 8.37. The van der Waals surface area contributed by atoms with E-state index in [0.717, 1.165) is 30.7 Å². The maximum absolute atomic E-state index is 15.1. The van der Waals surface area contributed by atoms with Gasteiger partial charge in [-0.1, -0.05) is 30.7 Å². The minimum absolute atomic E-state index is 0.0597. The van der Waals surface area contributed by atoms with Gasteiger partial charge in [0.25, 0.3) is 0 Å². The van der Waals surface area contributed by atoms with Crippen molar-refractivity contribution < 1.29 is 18.6 Å². The normalized spacial score (nSPS) is 29.0. The van der Waals surface area contributed by atoms with Crippen molar-refractivity contribution in [2.24, 2.45) is 0 Å². The van der Waals surface area contributed by atoms with Crippen LogP contribution in [0.5, 0.6) is 5.75 Å². The summed E-state index contributed by atoms with van der Waals surface area (Å²) in [5, 5.41) is 15.7. The Labute approximate surface area is 168 Å². The lowest BCUT2D eigenvalue weighted by Crippen LogP contribution is -2.64. The Morgan fingerprint density at radius 1 is 1.18 bits per heavy atom. The van der Waals surface area contributed by atoms with Crippen LogP contribution in [0.25, 0.3) is 0 Å². The van der Waals surface area contributed by atoms with Crippen molar-refractivity contribution in [3.8, 4) is 5.75 Å². The van der Waals surface area contributed by atoms with Gasteiger partial charge >= 0.3 is 0 Å². The van der Waals surface area contributed by atoms with E-state index in [-0.39, 0.29) is 24.0 Å². The topological polar surface area (TPSA) is 41.5 Å². The molecule has 0 aromatic heterocycles. The Morgan fingerprint density at radius 3 is 2.61 bits per heavy atom. The minimum Gasteiger partial charge on any atom is -0.487 e. The number of fused-ring (bicyclic) bond motifs is 3. The highest BCUT2D eigenvalue weighted by Crippen LogP contribution is 2.55. The van der Waals surface area contributed by atoms with Gasteiger partial charge in [-0.2, -0.15) is 0 Å². The zero-order valence-electron chi connectivity index (χ0n) is 15.8. The van der Waals surface area contributed by atoms with Gasteiger partial charge in [0.15, 0.2) is 11.6 Å². The molecule has 3 nitrogen and oxygen atoms in total. The first kappa shape index (κ1) is 19.6. The zero-order valence-corrected chi connectivity index (χ0v) is 16.5. The second kappa shape index (κ2) is 7.29. The maximum Gasteiger partial charge on any atom is 0.165 e. The van der Waals surface area contributed by atoms with Crippen molar-refractivity contribution in [2.45, 2.75) is 49.7 Å². The van der Waals surface area contributed by atoms with Crippen LogP contribution in [-0.2, 0) is 11.8 Å². The minimum atomic E-state index is -1.31. The summed E-state index contributed by atoms with van der Waals surface area (Å²) in [7, 11) is 0. The summed E-state index contributed by atoms with van der Waals surface area (Å²) < 4.78 is 35.1. The van der Waals surface area contributed by atoms with E-state index in [2.05, 4.69) is 5.32 Å². The molecular formula is C22H24ClF2NO2. The van der Waals surface area contributed by atoms with Crippen LogP contribution < -0.4 is 10.1 Å². The highest BCUT2D eigenvalue weighted by Gasteiger charge is 2.60. The van der Waals surface area contributed by atoms with Gasteiger partial charge in [0.2, 0.25) is 0 Å². The number of nitrogens with one attached hydrogen (secondary N) is 1. The van der Waals surface area contributed by atoms with Gasteiger partial charge < -0.3 is 15.2 Å². The van der Waals surface area contributed by atoms with Crippen LogP contribution in [-0.4, -0.2) is 29.9 Å². The summed E-state index contributed by atoms with van der Waals surface area (Å²) in [6.07, 6.45) is 2.10. The lowest BCUT2D eigenvalue weighted by Gasteiger charge is -2.55. The third kappa shape index (κ3) is 3.10. The lowest BCUT2D eigenvalue weighted by atomic mass is 9.55. The second-order valence-electron chi connectivity index (χ2n) is 7.94. The average Bonchev–Trinajstić information content (AvgIpc) is 2.67. The van der Waals surface area contributed by atoms with Gasteiger partial charge in [-0.25, -0.2) is 8.78 Å². The molecule has 0 spiro atoms. The van der Waals surface area contributed by atoms with E-state index in [0.29, 0.717) is 24.3 Å². The van der Waals surface area contributed by atoms with E-state index < -0.39 is 22.7 Å². The molecule has 1 heterocycles. The molecule has 2 aliphatic rings. The van der Waals surface area contributed by atoms with Crippen LogP contribution in [0.2, 0.25) is 5.02 Å². The van der Waals surface area contributed by atoms with Gasteiger partial charge in [0.1, 0.15) is 18.0 Å². The number of halogens is 3. The van der Waals surface area contributed by atoms with E-state index in [4.69, 9.17) is 16.3 Å². The largest absolute Gasteiger partial charge is 0.487 e. The highest BCUT2D eigenvalue weighted by molar-refractivity contribution is 6.30. The smallest absolute Gasteiger partial charge is 0.165 e. The van der Waals surface area contributed by atoms with E-state index in [1.165, 1.54) is 0 Å². The van der Waals surface area contributed by atoms with Crippen molar-refractivity contribution in [3.63, 3.8) is 0 Å². The Kier molecular flexibility index (Phi) is 5.10. The third-order valence-electron chi connectivity index (χ3n) is 6.30. The van der Waals surface area contributed by atoms with Crippen molar-refractivity contribution >= 4 is 11.6 Å². The Hall–Kier alpha value is -1.69. The highest BCUT2D eigenvalue weighted by atomic mass is 35.5. The molecule has 3 atom stereocenters. The summed E-state index contributed by atoms with van der Waals surface area (Å²) >= 11 is 6.01. The molecule has 0 saturated heterocycles. The molecule has 0 bridgehead atoms. The SMILES string of the molecule is CCN[C@@H]1CC[C@@]2(Cc3ccc(Cl)cc3)c3c(F)ccc(F)c3OC[C@@]2(O)C1. The molecule has 0 unspecified atom stereocenters. The first-order chi connectivity index (χ1) is 13.4. The van der Waals surface area contributed by atoms with Gasteiger partial charge in [-0.15, -0.1) is 0 Å². The molecule has 2 aromatic rings. The molecular weight excluding hydrogens is 384 g/mol. The molecule has 2 N–H and O–H groups in total. The van der Waals surface area contributed by atoms with Crippen LogP contribution in [0.15, 0.2) is 36.4 Å². The van der Waals surface area contributed by atoms with Crippen LogP contribution in [0.4, 0.5) is 8.78 Å². The molecule has 0 amide bonds. The lowest BCUT2D eigenvalue weighted by molar-refractivity contribution is -0.121. The Bertz CT molecular complexity index is 876. The first-order valence-corrected chi connectivity index (χ1v) is 10.1. The quantitative estimate of drug-likeness (QED) is 0.790. The van der Waals surface area contributed by atoms with Gasteiger partial charge in [-0.3, -0.25) is 0 Å². The predicted molar refractivity (Wildman–Crippen MR) is 105 cm³/mol. The van der Waals surface area contributed by atoms with Crippen LogP contribution in [0, 0.1) is 11.6 Å². The van der Waals surface area contributed by atoms with Crippen molar-refractivity contribution in [1.82, 2.24) is 5.32 Å². The Balaban J connectivity index is 1.86. The van der Waals surface area contributed by atoms with Gasteiger partial charge in [0.05, 0.1) is 0 Å². The number of hydrogen-bond acceptors (Lipinski definition) is 3. The van der Waals surface area contributed by atoms with Gasteiger partial charge in [-0.05, 0) is 62.1 Å². The predicted octanol–water partition coefficient (Wildman–Crippen LogP) is 4.38. The summed E-state index contributed by atoms with van der Waals surface area (Å²) in [5.41, 5.74) is -1.20. The van der Waals surface area contributed by atoms with Crippen LogP contribution >= 0.6 is 11.6 Å². The fourth-order valence-corrected chi connectivity index (χ4v) is 5.11. The molecule has 1 fully saturated rings. The van der Waals surface area contributed by atoms with E-state index >= 15 is 4.39 Å². The van der Waals surface area contributed by atoms with E-state index in [9.17, 15) is 9.50 Å². The standard InChI is InChI=1S/C22H24ClF2NO2/c1-2-26-16-9-10-21(11-14-3-5-15(23)6-4-14)19-17(24)7-8-18(25)20(19)28-13-22(21,27)12-16/h3-8,16,26-27H,2,9-13H2,1H3/t16-,21-,22+/m1/s1. The average molecular weight is 408 g/mol. The summed E-state index contributed by atoms with van der Waals surface area (Å²) in [6, 6.07) is 9.62. The molecule has 0 radical (unpaired) electrons. The molecule has 1 aliphatic carbocycles. The fraction of sp³-hybridized carbons (Fsp3) is 0.455. The number of hydrogen-bond donors (Lipinski definition) is 2. The molecule has 28 heavy (non-hydrogen) atoms. The molecule has 1 aliphatic heterocycles. The van der Waals surface area contributed by atoms with Crippen LogP contribution in [0.3, 0.4) is 0 Å². The zero-order chi connectivity index (χ0) is 19.9. The number of aliphatic hydroxyl groups is 1. The molecule has 2 aromatic carbocycles. The van der Waals surface area contributed by atoms with Crippen molar-refractivity contribution in [1.29, 1.82) is 0 Å².